The van der Waals surface area contributed by atoms with Gasteiger partial charge in [0, 0.05) is 6.42 Å². The second-order valence-electron chi connectivity index (χ2n) is 13.6. The third kappa shape index (κ3) is 37.5. The van der Waals surface area contributed by atoms with Crippen molar-refractivity contribution in [2.75, 3.05) is 13.2 Å². The van der Waals surface area contributed by atoms with Gasteiger partial charge in [0.05, 0.1) is 19.3 Å². The molecule has 0 aliphatic rings. The van der Waals surface area contributed by atoms with E-state index in [0.717, 1.165) is 32.1 Å². The summed E-state index contributed by atoms with van der Waals surface area (Å²) in [6.45, 7) is 2.81. The van der Waals surface area contributed by atoms with Crippen molar-refractivity contribution in [2.45, 2.75) is 231 Å². The topological polar surface area (TPSA) is 66.8 Å². The van der Waals surface area contributed by atoms with E-state index in [9.17, 15) is 9.90 Å². The standard InChI is InChI=1S/C39H78O4/c1-2-3-4-5-6-7-8-9-10-15-18-21-24-27-30-33-36-43-39(42)35-32-29-26-23-20-17-14-12-11-13-16-19-22-25-28-31-34-38(41)37-40/h38,40-41H,2-37H2,1H3. The summed E-state index contributed by atoms with van der Waals surface area (Å²) in [5.74, 6) is 0.0128. The average molecular weight is 611 g/mol. The van der Waals surface area contributed by atoms with Crippen LogP contribution in [0.5, 0.6) is 0 Å². The fraction of sp³-hybridized carbons (Fsp3) is 0.974. The lowest BCUT2D eigenvalue weighted by Crippen LogP contribution is -2.10. The lowest BCUT2D eigenvalue weighted by atomic mass is 10.0. The minimum absolute atomic E-state index is 0.0128. The van der Waals surface area contributed by atoms with E-state index in [1.807, 2.05) is 0 Å². The van der Waals surface area contributed by atoms with Crippen molar-refractivity contribution in [1.82, 2.24) is 0 Å². The molecule has 0 rings (SSSR count). The molecule has 1 unspecified atom stereocenters. The van der Waals surface area contributed by atoms with Gasteiger partial charge in [0.2, 0.25) is 0 Å². The monoisotopic (exact) mass is 611 g/mol. The number of hydrogen-bond donors (Lipinski definition) is 2. The summed E-state index contributed by atoms with van der Waals surface area (Å²) in [5, 5.41) is 18.1. The van der Waals surface area contributed by atoms with Crippen molar-refractivity contribution in [3.63, 3.8) is 0 Å². The van der Waals surface area contributed by atoms with Crippen molar-refractivity contribution >= 4 is 5.97 Å². The van der Waals surface area contributed by atoms with E-state index in [2.05, 4.69) is 6.92 Å². The van der Waals surface area contributed by atoms with Gasteiger partial charge in [0.25, 0.3) is 0 Å². The second-order valence-corrected chi connectivity index (χ2v) is 13.6. The van der Waals surface area contributed by atoms with E-state index < -0.39 is 6.10 Å². The highest BCUT2D eigenvalue weighted by atomic mass is 16.5. The van der Waals surface area contributed by atoms with E-state index >= 15 is 0 Å². The first kappa shape index (κ1) is 42.4. The normalized spacial score (nSPS) is 12.2. The number of hydrogen-bond acceptors (Lipinski definition) is 4. The van der Waals surface area contributed by atoms with Crippen LogP contribution < -0.4 is 0 Å². The zero-order chi connectivity index (χ0) is 31.3. The molecule has 0 aromatic heterocycles. The van der Waals surface area contributed by atoms with Gasteiger partial charge in [-0.1, -0.05) is 200 Å². The van der Waals surface area contributed by atoms with Gasteiger partial charge in [-0.25, -0.2) is 0 Å². The molecule has 2 N–H and O–H groups in total. The van der Waals surface area contributed by atoms with Gasteiger partial charge in [0.1, 0.15) is 0 Å². The van der Waals surface area contributed by atoms with Crippen molar-refractivity contribution in [2.24, 2.45) is 0 Å². The Kier molecular flexibility index (Phi) is 37.0. The highest BCUT2D eigenvalue weighted by Crippen LogP contribution is 2.16. The van der Waals surface area contributed by atoms with Crippen molar-refractivity contribution in [3.8, 4) is 0 Å². The molecule has 0 aromatic carbocycles. The molecule has 0 radical (unpaired) electrons. The van der Waals surface area contributed by atoms with E-state index in [0.29, 0.717) is 13.0 Å². The Bertz CT molecular complexity index is 523. The number of aliphatic hydroxyl groups excluding tert-OH is 2. The number of carbonyl (C=O) groups excluding carboxylic acids is 1. The van der Waals surface area contributed by atoms with Crippen LogP contribution in [0.2, 0.25) is 0 Å². The quantitative estimate of drug-likeness (QED) is 0.0542. The molecule has 1 atom stereocenters. The van der Waals surface area contributed by atoms with E-state index in [1.165, 1.54) is 180 Å². The zero-order valence-corrected chi connectivity index (χ0v) is 29.2. The predicted molar refractivity (Wildman–Crippen MR) is 187 cm³/mol. The molecule has 0 aliphatic heterocycles. The van der Waals surface area contributed by atoms with Crippen molar-refractivity contribution in [3.05, 3.63) is 0 Å². The Balaban J connectivity index is 3.15. The summed E-state index contributed by atoms with van der Waals surface area (Å²) in [6.07, 6.45) is 43.1. The van der Waals surface area contributed by atoms with E-state index in [4.69, 9.17) is 9.84 Å². The largest absolute Gasteiger partial charge is 0.466 e. The molecule has 258 valence electrons. The third-order valence-electron chi connectivity index (χ3n) is 9.14. The molecule has 0 saturated carbocycles. The molecular formula is C39H78O4. The molecule has 0 bridgehead atoms. The minimum Gasteiger partial charge on any atom is -0.466 e. The van der Waals surface area contributed by atoms with E-state index in [1.54, 1.807) is 0 Å². The van der Waals surface area contributed by atoms with Crippen LogP contribution in [-0.2, 0) is 9.53 Å². The average Bonchev–Trinajstić information content (AvgIpc) is 3.01. The summed E-state index contributed by atoms with van der Waals surface area (Å²) in [6, 6.07) is 0. The first-order valence-corrected chi connectivity index (χ1v) is 19.6. The lowest BCUT2D eigenvalue weighted by molar-refractivity contribution is -0.143. The highest BCUT2D eigenvalue weighted by Gasteiger charge is 2.03. The maximum atomic E-state index is 12.0. The Labute approximate surface area is 269 Å². The van der Waals surface area contributed by atoms with Crippen LogP contribution in [0.15, 0.2) is 0 Å². The number of unbranched alkanes of at least 4 members (excludes halogenated alkanes) is 30. The van der Waals surface area contributed by atoms with Gasteiger partial charge in [-0.2, -0.15) is 0 Å². The Hall–Kier alpha value is -0.610. The number of ether oxygens (including phenoxy) is 1. The molecule has 0 fully saturated rings. The van der Waals surface area contributed by atoms with Crippen molar-refractivity contribution < 1.29 is 19.7 Å². The number of aliphatic hydroxyl groups is 2. The van der Waals surface area contributed by atoms with Crippen LogP contribution in [0, 0.1) is 0 Å². The fourth-order valence-electron chi connectivity index (χ4n) is 6.12. The number of esters is 1. The minimum atomic E-state index is -0.515. The van der Waals surface area contributed by atoms with Gasteiger partial charge in [-0.05, 0) is 19.3 Å². The maximum absolute atomic E-state index is 12.0. The SMILES string of the molecule is CCCCCCCCCCCCCCCCCCOC(=O)CCCCCCCCCCCCCCCCCCC(O)CO. The summed E-state index contributed by atoms with van der Waals surface area (Å²) < 4.78 is 5.45. The van der Waals surface area contributed by atoms with Crippen LogP contribution in [0.3, 0.4) is 0 Å². The van der Waals surface area contributed by atoms with Crippen LogP contribution in [0.25, 0.3) is 0 Å². The Morgan fingerprint density at radius 3 is 1.12 bits per heavy atom. The van der Waals surface area contributed by atoms with Gasteiger partial charge in [-0.15, -0.1) is 0 Å². The molecule has 0 saturated heterocycles. The lowest BCUT2D eigenvalue weighted by Gasteiger charge is -2.06. The molecule has 4 nitrogen and oxygen atoms in total. The Morgan fingerprint density at radius 1 is 0.465 bits per heavy atom. The number of carbonyl (C=O) groups is 1. The number of rotatable bonds is 37. The fourth-order valence-corrected chi connectivity index (χ4v) is 6.12. The van der Waals surface area contributed by atoms with E-state index in [-0.39, 0.29) is 12.6 Å². The first-order chi connectivity index (χ1) is 21.2. The molecule has 43 heavy (non-hydrogen) atoms. The summed E-state index contributed by atoms with van der Waals surface area (Å²) in [5.41, 5.74) is 0. The second kappa shape index (κ2) is 37.6. The molecule has 0 aromatic rings. The van der Waals surface area contributed by atoms with Crippen LogP contribution in [0.1, 0.15) is 225 Å². The van der Waals surface area contributed by atoms with Crippen LogP contribution in [0.4, 0.5) is 0 Å². The summed E-state index contributed by atoms with van der Waals surface area (Å²) in [4.78, 5) is 12.0. The van der Waals surface area contributed by atoms with Crippen molar-refractivity contribution in [1.29, 1.82) is 0 Å². The molecule has 0 amide bonds. The molecular weight excluding hydrogens is 532 g/mol. The molecule has 4 heteroatoms. The van der Waals surface area contributed by atoms with Crippen LogP contribution in [-0.4, -0.2) is 35.5 Å². The smallest absolute Gasteiger partial charge is 0.305 e. The molecule has 0 heterocycles. The highest BCUT2D eigenvalue weighted by molar-refractivity contribution is 5.69. The maximum Gasteiger partial charge on any atom is 0.305 e. The Morgan fingerprint density at radius 2 is 0.767 bits per heavy atom. The zero-order valence-electron chi connectivity index (χ0n) is 29.2. The predicted octanol–water partition coefficient (Wildman–Crippen LogP) is 12.2. The van der Waals surface area contributed by atoms with Gasteiger partial charge >= 0.3 is 5.97 Å². The van der Waals surface area contributed by atoms with Gasteiger partial charge in [-0.3, -0.25) is 4.79 Å². The summed E-state index contributed by atoms with van der Waals surface area (Å²) in [7, 11) is 0. The summed E-state index contributed by atoms with van der Waals surface area (Å²) >= 11 is 0. The molecule has 0 aliphatic carbocycles. The van der Waals surface area contributed by atoms with Gasteiger partial charge in [0.15, 0.2) is 0 Å². The molecule has 0 spiro atoms. The third-order valence-corrected chi connectivity index (χ3v) is 9.14. The first-order valence-electron chi connectivity index (χ1n) is 19.6. The van der Waals surface area contributed by atoms with Gasteiger partial charge < -0.3 is 14.9 Å². The van der Waals surface area contributed by atoms with Crippen LogP contribution >= 0.6 is 0 Å².